The molecular formula is C19H28N4O2. The van der Waals surface area contributed by atoms with E-state index in [4.69, 9.17) is 4.74 Å². The molecule has 3 saturated heterocycles. The van der Waals surface area contributed by atoms with Gasteiger partial charge in [-0.3, -0.25) is 9.88 Å². The Bertz CT molecular complexity index is 590. The van der Waals surface area contributed by atoms with Crippen molar-refractivity contribution >= 4 is 6.03 Å². The number of amides is 2. The van der Waals surface area contributed by atoms with Crippen molar-refractivity contribution < 1.29 is 9.53 Å². The highest BCUT2D eigenvalue weighted by atomic mass is 16.5. The van der Waals surface area contributed by atoms with Crippen LogP contribution in [0.4, 0.5) is 4.79 Å². The largest absolute Gasteiger partial charge is 0.381 e. The minimum atomic E-state index is 0.0441. The molecule has 6 nitrogen and oxygen atoms in total. The quantitative estimate of drug-likeness (QED) is 0.909. The van der Waals surface area contributed by atoms with E-state index in [0.29, 0.717) is 0 Å². The fraction of sp³-hybridized carbons (Fsp3) is 0.684. The second-order valence-electron chi connectivity index (χ2n) is 7.68. The number of carbonyl (C=O) groups is 1. The zero-order valence-electron chi connectivity index (χ0n) is 14.8. The van der Waals surface area contributed by atoms with Crippen LogP contribution < -0.4 is 5.32 Å². The molecule has 0 unspecified atom stereocenters. The zero-order chi connectivity index (χ0) is 17.1. The average molecular weight is 344 g/mol. The van der Waals surface area contributed by atoms with Crippen LogP contribution in [0, 0.1) is 5.41 Å². The Balaban J connectivity index is 1.40. The van der Waals surface area contributed by atoms with Gasteiger partial charge in [0.25, 0.3) is 0 Å². The first kappa shape index (κ1) is 16.8. The van der Waals surface area contributed by atoms with Gasteiger partial charge in [0.2, 0.25) is 0 Å². The summed E-state index contributed by atoms with van der Waals surface area (Å²) in [7, 11) is 0. The van der Waals surface area contributed by atoms with Gasteiger partial charge in [0.05, 0.1) is 12.3 Å². The summed E-state index contributed by atoms with van der Waals surface area (Å²) in [4.78, 5) is 21.4. The van der Waals surface area contributed by atoms with Crippen molar-refractivity contribution in [3.63, 3.8) is 0 Å². The van der Waals surface area contributed by atoms with E-state index in [1.165, 1.54) is 0 Å². The van der Waals surface area contributed by atoms with Crippen LogP contribution in [0.1, 0.15) is 31.4 Å². The summed E-state index contributed by atoms with van der Waals surface area (Å²) < 4.78 is 5.84. The van der Waals surface area contributed by atoms with E-state index in [1.54, 1.807) is 0 Å². The predicted molar refractivity (Wildman–Crippen MR) is 95.1 cm³/mol. The number of hydrogen-bond donors (Lipinski definition) is 1. The molecule has 0 bridgehead atoms. The number of nitrogens with zero attached hydrogens (tertiary/aromatic N) is 3. The monoisotopic (exact) mass is 344 g/mol. The SMILES string of the molecule is O=C(N[C@H]1CCOC[C@]12CCN(Cc1ccccn1)C2)N1CCCC1. The summed E-state index contributed by atoms with van der Waals surface area (Å²) >= 11 is 0. The van der Waals surface area contributed by atoms with Crippen LogP contribution in [0.25, 0.3) is 0 Å². The Morgan fingerprint density at radius 2 is 2.20 bits per heavy atom. The van der Waals surface area contributed by atoms with E-state index in [-0.39, 0.29) is 17.5 Å². The second-order valence-corrected chi connectivity index (χ2v) is 7.68. The number of nitrogens with one attached hydrogen (secondary N) is 1. The molecule has 1 N–H and O–H groups in total. The van der Waals surface area contributed by atoms with Crippen molar-refractivity contribution in [1.82, 2.24) is 20.1 Å². The third kappa shape index (κ3) is 3.65. The molecule has 3 aliphatic heterocycles. The lowest BCUT2D eigenvalue weighted by Crippen LogP contribution is -2.56. The zero-order valence-corrected chi connectivity index (χ0v) is 14.8. The Labute approximate surface area is 149 Å². The molecule has 136 valence electrons. The topological polar surface area (TPSA) is 57.7 Å². The summed E-state index contributed by atoms with van der Waals surface area (Å²) in [6.07, 6.45) is 6.10. The van der Waals surface area contributed by atoms with Crippen molar-refractivity contribution in [2.24, 2.45) is 5.41 Å². The number of pyridine rings is 1. The molecule has 1 aromatic heterocycles. The van der Waals surface area contributed by atoms with E-state index < -0.39 is 0 Å². The van der Waals surface area contributed by atoms with Gasteiger partial charge in [-0.25, -0.2) is 4.79 Å². The molecular weight excluding hydrogens is 316 g/mol. The van der Waals surface area contributed by atoms with Gasteiger partial charge in [-0.2, -0.15) is 0 Å². The van der Waals surface area contributed by atoms with Gasteiger partial charge in [0, 0.05) is 50.4 Å². The van der Waals surface area contributed by atoms with Crippen LogP contribution in [0.3, 0.4) is 0 Å². The number of aromatic nitrogens is 1. The minimum Gasteiger partial charge on any atom is -0.381 e. The molecule has 0 aromatic carbocycles. The van der Waals surface area contributed by atoms with Gasteiger partial charge in [0.15, 0.2) is 0 Å². The lowest BCUT2D eigenvalue weighted by Gasteiger charge is -2.42. The number of ether oxygens (including phenoxy) is 1. The smallest absolute Gasteiger partial charge is 0.317 e. The van der Waals surface area contributed by atoms with E-state index >= 15 is 0 Å². The second kappa shape index (κ2) is 7.30. The highest BCUT2D eigenvalue weighted by Crippen LogP contribution is 2.39. The summed E-state index contributed by atoms with van der Waals surface area (Å²) in [5.41, 5.74) is 1.15. The van der Waals surface area contributed by atoms with Gasteiger partial charge < -0.3 is 15.0 Å². The van der Waals surface area contributed by atoms with Gasteiger partial charge in [0.1, 0.15) is 0 Å². The number of hydrogen-bond acceptors (Lipinski definition) is 4. The Morgan fingerprint density at radius 1 is 1.32 bits per heavy atom. The van der Waals surface area contributed by atoms with E-state index in [0.717, 1.165) is 77.3 Å². The molecule has 2 amide bonds. The maximum atomic E-state index is 12.6. The van der Waals surface area contributed by atoms with Gasteiger partial charge >= 0.3 is 6.03 Å². The van der Waals surface area contributed by atoms with E-state index in [2.05, 4.69) is 21.3 Å². The van der Waals surface area contributed by atoms with Gasteiger partial charge in [-0.1, -0.05) is 6.07 Å². The summed E-state index contributed by atoms with van der Waals surface area (Å²) in [5.74, 6) is 0. The maximum absolute atomic E-state index is 12.6. The molecule has 0 radical (unpaired) electrons. The number of rotatable bonds is 3. The van der Waals surface area contributed by atoms with Crippen molar-refractivity contribution in [2.45, 2.75) is 38.3 Å². The van der Waals surface area contributed by atoms with Crippen LogP contribution in [0.15, 0.2) is 24.4 Å². The van der Waals surface area contributed by atoms with Crippen LogP contribution in [-0.4, -0.2) is 66.2 Å². The normalized spacial score (nSPS) is 30.1. The van der Waals surface area contributed by atoms with Crippen molar-refractivity contribution in [2.75, 3.05) is 39.4 Å². The van der Waals surface area contributed by atoms with E-state index in [9.17, 15) is 4.79 Å². The Kier molecular flexibility index (Phi) is 4.90. The number of likely N-dealkylation sites (tertiary alicyclic amines) is 2. The van der Waals surface area contributed by atoms with Crippen LogP contribution >= 0.6 is 0 Å². The average Bonchev–Trinajstić information content (AvgIpc) is 3.29. The predicted octanol–water partition coefficient (Wildman–Crippen LogP) is 1.87. The standard InChI is InChI=1S/C19H28N4O2/c24-18(23-9-3-4-10-23)21-17-6-12-25-15-19(17)7-11-22(14-19)13-16-5-1-2-8-20-16/h1-2,5,8,17H,3-4,6-7,9-15H2,(H,21,24)/t17-,19+/m0/s1. The molecule has 6 heteroatoms. The molecule has 0 aliphatic carbocycles. The lowest BCUT2D eigenvalue weighted by atomic mass is 9.77. The molecule has 4 heterocycles. The van der Waals surface area contributed by atoms with Gasteiger partial charge in [-0.15, -0.1) is 0 Å². The van der Waals surface area contributed by atoms with Crippen LogP contribution in [0.5, 0.6) is 0 Å². The molecule has 3 fully saturated rings. The molecule has 2 atom stereocenters. The van der Waals surface area contributed by atoms with Crippen molar-refractivity contribution in [1.29, 1.82) is 0 Å². The molecule has 1 aromatic rings. The fourth-order valence-corrected chi connectivity index (χ4v) is 4.51. The summed E-state index contributed by atoms with van der Waals surface area (Å²) in [6, 6.07) is 6.40. The first-order valence-corrected chi connectivity index (χ1v) is 9.51. The summed E-state index contributed by atoms with van der Waals surface area (Å²) in [6.45, 7) is 6.16. The van der Waals surface area contributed by atoms with E-state index in [1.807, 2.05) is 23.2 Å². The molecule has 1 spiro atoms. The fourth-order valence-electron chi connectivity index (χ4n) is 4.51. The third-order valence-corrected chi connectivity index (χ3v) is 5.95. The molecule has 3 aliphatic rings. The Hall–Kier alpha value is -1.66. The lowest BCUT2D eigenvalue weighted by molar-refractivity contribution is -0.0256. The number of carbonyl (C=O) groups excluding carboxylic acids is 1. The van der Waals surface area contributed by atoms with Crippen LogP contribution in [-0.2, 0) is 11.3 Å². The third-order valence-electron chi connectivity index (χ3n) is 5.95. The first-order valence-electron chi connectivity index (χ1n) is 9.51. The highest BCUT2D eigenvalue weighted by Gasteiger charge is 2.47. The van der Waals surface area contributed by atoms with Crippen molar-refractivity contribution in [3.05, 3.63) is 30.1 Å². The van der Waals surface area contributed by atoms with Crippen LogP contribution in [0.2, 0.25) is 0 Å². The van der Waals surface area contributed by atoms with Crippen molar-refractivity contribution in [3.8, 4) is 0 Å². The minimum absolute atomic E-state index is 0.0441. The molecule has 25 heavy (non-hydrogen) atoms. The molecule has 0 saturated carbocycles. The Morgan fingerprint density at radius 3 is 3.00 bits per heavy atom. The summed E-state index contributed by atoms with van der Waals surface area (Å²) in [5, 5.41) is 3.34. The first-order chi connectivity index (χ1) is 12.3. The molecule has 4 rings (SSSR count). The maximum Gasteiger partial charge on any atom is 0.317 e. The number of urea groups is 1. The van der Waals surface area contributed by atoms with Gasteiger partial charge in [-0.05, 0) is 44.4 Å². The highest BCUT2D eigenvalue weighted by molar-refractivity contribution is 5.74.